The number of hydrogen-bond donors (Lipinski definition) is 2. The number of nitrogens with zero attached hydrogens (tertiary/aromatic N) is 3. The van der Waals surface area contributed by atoms with Crippen molar-refractivity contribution in [3.63, 3.8) is 0 Å². The molecule has 3 aliphatic rings. The fraction of sp³-hybridized carbons (Fsp3) is 0.423. The van der Waals surface area contributed by atoms with Crippen molar-refractivity contribution in [1.82, 2.24) is 15.5 Å². The lowest BCUT2D eigenvalue weighted by molar-refractivity contribution is -0.133. The molecule has 0 atom stereocenters. The van der Waals surface area contributed by atoms with Crippen molar-refractivity contribution in [2.24, 2.45) is 0 Å². The lowest BCUT2D eigenvalue weighted by Gasteiger charge is -2.40. The van der Waals surface area contributed by atoms with Crippen LogP contribution in [-0.4, -0.2) is 97.4 Å². The SMILES string of the molecule is CC(C)N(C(=O)c1ccc2c(c1)N(CCNC(=O)OCc1ccccc1)C(=O)C(C)(C)O2)C1CCCCC1.COC(=O)c1ccc2c(c1)N(CCNC(=O)OCc1ccccc1)C(=O)C(C)(C)O2. The van der Waals surface area contributed by atoms with Crippen LogP contribution in [0.4, 0.5) is 21.0 Å². The minimum absolute atomic E-state index is 0.0328. The number of amides is 5. The Balaban J connectivity index is 0.000000230. The van der Waals surface area contributed by atoms with E-state index in [9.17, 15) is 28.8 Å². The maximum atomic E-state index is 13.7. The molecule has 5 amide bonds. The van der Waals surface area contributed by atoms with Gasteiger partial charge in [0.25, 0.3) is 17.7 Å². The molecule has 0 spiro atoms. The Morgan fingerprint density at radius 1 is 0.662 bits per heavy atom. The molecule has 0 aromatic heterocycles. The number of rotatable bonds is 14. The molecular formula is C52H63N5O11. The number of fused-ring (bicyclic) bond motifs is 2. The van der Waals surface area contributed by atoms with Gasteiger partial charge in [-0.2, -0.15) is 0 Å². The third kappa shape index (κ3) is 12.7. The Hall–Kier alpha value is -7.10. The summed E-state index contributed by atoms with van der Waals surface area (Å²) in [4.78, 5) is 81.0. The minimum atomic E-state index is -1.08. The Bertz CT molecular complexity index is 2420. The summed E-state index contributed by atoms with van der Waals surface area (Å²) in [6, 6.07) is 29.1. The van der Waals surface area contributed by atoms with Gasteiger partial charge in [0.1, 0.15) is 24.7 Å². The van der Waals surface area contributed by atoms with Gasteiger partial charge in [0, 0.05) is 43.8 Å². The molecular weight excluding hydrogens is 871 g/mol. The lowest BCUT2D eigenvalue weighted by atomic mass is 9.92. The normalized spacial score (nSPS) is 15.8. The third-order valence-electron chi connectivity index (χ3n) is 11.8. The third-order valence-corrected chi connectivity index (χ3v) is 11.8. The van der Waals surface area contributed by atoms with Crippen molar-refractivity contribution in [3.8, 4) is 11.5 Å². The highest BCUT2D eigenvalue weighted by atomic mass is 16.6. The summed E-state index contributed by atoms with van der Waals surface area (Å²) in [6.45, 7) is 11.9. The zero-order valence-electron chi connectivity index (χ0n) is 40.0. The summed E-state index contributed by atoms with van der Waals surface area (Å²) in [5, 5.41) is 5.36. The van der Waals surface area contributed by atoms with E-state index in [4.69, 9.17) is 23.7 Å². The molecule has 0 bridgehead atoms. The van der Waals surface area contributed by atoms with Gasteiger partial charge in [0.15, 0.2) is 11.2 Å². The van der Waals surface area contributed by atoms with Crippen LogP contribution in [0.5, 0.6) is 11.5 Å². The molecule has 68 heavy (non-hydrogen) atoms. The molecule has 4 aromatic rings. The lowest BCUT2D eigenvalue weighted by Crippen LogP contribution is -2.54. The Kier molecular flexibility index (Phi) is 16.7. The topological polar surface area (TPSA) is 182 Å². The Morgan fingerprint density at radius 2 is 1.10 bits per heavy atom. The molecule has 16 heteroatoms. The second-order valence-corrected chi connectivity index (χ2v) is 18.1. The van der Waals surface area contributed by atoms with Gasteiger partial charge in [-0.05, 0) is 102 Å². The second kappa shape index (κ2) is 22.6. The van der Waals surface area contributed by atoms with E-state index in [0.29, 0.717) is 34.0 Å². The van der Waals surface area contributed by atoms with E-state index in [-0.39, 0.29) is 69.2 Å². The van der Waals surface area contributed by atoms with Crippen molar-refractivity contribution in [2.45, 2.75) is 110 Å². The number of anilines is 2. The summed E-state index contributed by atoms with van der Waals surface area (Å²) in [5.41, 5.74) is 1.43. The van der Waals surface area contributed by atoms with Crippen LogP contribution in [0.1, 0.15) is 105 Å². The van der Waals surface area contributed by atoms with Crippen LogP contribution in [0.2, 0.25) is 0 Å². The van der Waals surface area contributed by atoms with Gasteiger partial charge in [-0.15, -0.1) is 0 Å². The Morgan fingerprint density at radius 3 is 1.54 bits per heavy atom. The van der Waals surface area contributed by atoms with Crippen LogP contribution >= 0.6 is 0 Å². The molecule has 2 N–H and O–H groups in total. The first kappa shape index (κ1) is 50.3. The van der Waals surface area contributed by atoms with Crippen LogP contribution in [-0.2, 0) is 37.0 Å². The average molecular weight is 934 g/mol. The summed E-state index contributed by atoms with van der Waals surface area (Å²) in [6.07, 6.45) is 4.38. The van der Waals surface area contributed by atoms with E-state index in [0.717, 1.165) is 36.8 Å². The predicted octanol–water partition coefficient (Wildman–Crippen LogP) is 8.20. The summed E-state index contributed by atoms with van der Waals surface area (Å²) in [5.74, 6) is -0.0591. The molecule has 4 aromatic carbocycles. The van der Waals surface area contributed by atoms with Crippen LogP contribution in [0.15, 0.2) is 97.1 Å². The molecule has 1 saturated carbocycles. The van der Waals surface area contributed by atoms with Crippen molar-refractivity contribution < 1.29 is 52.5 Å². The largest absolute Gasteiger partial charge is 0.476 e. The van der Waals surface area contributed by atoms with Crippen LogP contribution in [0, 0.1) is 0 Å². The zero-order chi connectivity index (χ0) is 49.0. The molecule has 0 saturated heterocycles. The fourth-order valence-corrected chi connectivity index (χ4v) is 8.38. The molecule has 1 fully saturated rings. The first-order valence-electron chi connectivity index (χ1n) is 23.1. The highest BCUT2D eigenvalue weighted by Gasteiger charge is 2.43. The van der Waals surface area contributed by atoms with E-state index in [1.165, 1.54) is 18.4 Å². The second-order valence-electron chi connectivity index (χ2n) is 18.1. The van der Waals surface area contributed by atoms with Gasteiger partial charge in [0.2, 0.25) is 0 Å². The molecule has 1 aliphatic carbocycles. The van der Waals surface area contributed by atoms with Gasteiger partial charge in [-0.3, -0.25) is 14.4 Å². The van der Waals surface area contributed by atoms with Gasteiger partial charge in [-0.1, -0.05) is 79.9 Å². The fourth-order valence-electron chi connectivity index (χ4n) is 8.38. The highest BCUT2D eigenvalue weighted by molar-refractivity contribution is 6.05. The summed E-state index contributed by atoms with van der Waals surface area (Å²) >= 11 is 0. The molecule has 2 aliphatic heterocycles. The first-order valence-corrected chi connectivity index (χ1v) is 23.1. The van der Waals surface area contributed by atoms with Crippen molar-refractivity contribution in [2.75, 3.05) is 43.1 Å². The number of methoxy groups -OCH3 is 1. The number of alkyl carbamates (subject to hydrolysis) is 2. The van der Waals surface area contributed by atoms with Gasteiger partial charge in [-0.25, -0.2) is 14.4 Å². The van der Waals surface area contributed by atoms with Crippen molar-refractivity contribution in [1.29, 1.82) is 0 Å². The number of carbonyl (C=O) groups is 6. The van der Waals surface area contributed by atoms with E-state index < -0.39 is 29.4 Å². The number of nitrogens with one attached hydrogen (secondary N) is 2. The van der Waals surface area contributed by atoms with E-state index in [1.807, 2.05) is 65.6 Å². The zero-order valence-corrected chi connectivity index (χ0v) is 40.0. The highest BCUT2D eigenvalue weighted by Crippen LogP contribution is 2.40. The van der Waals surface area contributed by atoms with E-state index >= 15 is 0 Å². The van der Waals surface area contributed by atoms with Crippen LogP contribution in [0.3, 0.4) is 0 Å². The summed E-state index contributed by atoms with van der Waals surface area (Å²) < 4.78 is 27.0. The molecule has 2 heterocycles. The summed E-state index contributed by atoms with van der Waals surface area (Å²) in [7, 11) is 1.29. The maximum absolute atomic E-state index is 13.7. The number of ether oxygens (including phenoxy) is 5. The molecule has 16 nitrogen and oxygen atoms in total. The number of carbonyl (C=O) groups excluding carboxylic acids is 6. The van der Waals surface area contributed by atoms with E-state index in [2.05, 4.69) is 24.5 Å². The van der Waals surface area contributed by atoms with Gasteiger partial charge < -0.3 is 49.0 Å². The van der Waals surface area contributed by atoms with Crippen LogP contribution in [0.25, 0.3) is 0 Å². The van der Waals surface area contributed by atoms with Crippen molar-refractivity contribution in [3.05, 3.63) is 119 Å². The monoisotopic (exact) mass is 933 g/mol. The van der Waals surface area contributed by atoms with E-state index in [1.54, 1.807) is 69.0 Å². The quantitative estimate of drug-likeness (QED) is 0.0919. The number of hydrogen-bond acceptors (Lipinski definition) is 11. The molecule has 362 valence electrons. The van der Waals surface area contributed by atoms with Gasteiger partial charge >= 0.3 is 18.2 Å². The molecule has 0 unspecified atom stereocenters. The minimum Gasteiger partial charge on any atom is -0.476 e. The Labute approximate surface area is 398 Å². The maximum Gasteiger partial charge on any atom is 0.407 e. The smallest absolute Gasteiger partial charge is 0.407 e. The standard InChI is InChI=1S/C30H39N3O5.C22H24N2O6/c1-21(2)33(24-13-9-6-10-14-24)27(34)23-15-16-26-25(19-23)32(28(35)30(3,4)38-26)18-17-31-29(36)37-20-22-11-7-5-8-12-22;1-22(2)20(26)24(17-13-16(19(25)28-3)9-10-18(17)30-22)12-11-23-21(27)29-14-15-7-5-4-6-8-15/h5,7-8,11-12,15-16,19,21,24H,6,9-10,13-14,17-18,20H2,1-4H3,(H,31,36);4-10,13H,11-12,14H2,1-3H3,(H,23,27). The van der Waals surface area contributed by atoms with Crippen molar-refractivity contribution >= 4 is 47.3 Å². The van der Waals surface area contributed by atoms with Gasteiger partial charge in [0.05, 0.1) is 24.0 Å². The number of benzene rings is 4. The average Bonchev–Trinajstić information content (AvgIpc) is 3.33. The first-order chi connectivity index (χ1) is 32.5. The van der Waals surface area contributed by atoms with Crippen LogP contribution < -0.4 is 29.9 Å². The number of esters is 1. The molecule has 7 rings (SSSR count). The molecule has 0 radical (unpaired) electrons. The predicted molar refractivity (Wildman–Crippen MR) is 256 cm³/mol.